The van der Waals surface area contributed by atoms with E-state index >= 15 is 0 Å². The Morgan fingerprint density at radius 1 is 0.643 bits per heavy atom. The molecule has 0 spiro atoms. The molecule has 0 atom stereocenters. The van der Waals surface area contributed by atoms with Gasteiger partial charge in [-0.05, 0) is 39.7 Å². The third kappa shape index (κ3) is 3.84. The van der Waals surface area contributed by atoms with E-state index < -0.39 is 0 Å². The van der Waals surface area contributed by atoms with Crippen molar-refractivity contribution < 1.29 is 53.4 Å². The number of nitrogens with zero attached hydrogens (tertiary/aromatic N) is 4. The van der Waals surface area contributed by atoms with E-state index in [1.54, 1.807) is 0 Å². The molecule has 0 aliphatic heterocycles. The number of hydrogen-bond donors (Lipinski definition) is 0. The van der Waals surface area contributed by atoms with Crippen LogP contribution in [0, 0.1) is 0 Å². The van der Waals surface area contributed by atoms with Crippen LogP contribution in [-0.2, 0) is 19.5 Å². The van der Waals surface area contributed by atoms with Crippen LogP contribution in [0.2, 0.25) is 0 Å². The molecule has 0 aliphatic rings. The summed E-state index contributed by atoms with van der Waals surface area (Å²) in [5.41, 5.74) is 1.21. The molecule has 5 rings (SSSR count). The van der Waals surface area contributed by atoms with Gasteiger partial charge >= 0.3 is 19.5 Å². The molecule has 7 heteroatoms. The predicted octanol–water partition coefficient (Wildman–Crippen LogP) is -1.51. The molecule has 0 radical (unpaired) electrons. The number of rotatable bonds is 3. The minimum atomic E-state index is -0.138. The van der Waals surface area contributed by atoms with Gasteiger partial charge in [-0.3, -0.25) is 0 Å². The quantitative estimate of drug-likeness (QED) is 0.203. The van der Waals surface area contributed by atoms with Crippen molar-refractivity contribution in [3.63, 3.8) is 0 Å². The van der Waals surface area contributed by atoms with Crippen molar-refractivity contribution in [3.8, 4) is 0 Å². The second-order valence-electron chi connectivity index (χ2n) is 6.08. The summed E-state index contributed by atoms with van der Waals surface area (Å²) >= 11 is 0. The maximum atomic E-state index is 4.52. The molecule has 0 unspecified atom stereocenters. The van der Waals surface area contributed by atoms with E-state index in [1.807, 2.05) is 46.3 Å². The molecule has 0 saturated heterocycles. The van der Waals surface area contributed by atoms with Crippen molar-refractivity contribution in [1.82, 2.24) is 19.6 Å². The molecule has 2 aromatic heterocycles. The molecular weight excluding hydrogens is 533 g/mol. The first kappa shape index (κ1) is 22.5. The van der Waals surface area contributed by atoms with E-state index in [4.69, 9.17) is 0 Å². The third-order valence-corrected chi connectivity index (χ3v) is 4.62. The van der Waals surface area contributed by atoms with Crippen molar-refractivity contribution >= 4 is 21.5 Å². The first-order chi connectivity index (χ1) is 12.4. The molecule has 136 valence electrons. The van der Waals surface area contributed by atoms with E-state index in [0.29, 0.717) is 0 Å². The average Bonchev–Trinajstić information content (AvgIpc) is 3.36. The minimum Gasteiger partial charge on any atom is -1.00 e. The fourth-order valence-electron chi connectivity index (χ4n) is 3.56. The number of fused-ring (bicyclic) bond motifs is 2. The topological polar surface area (TPSA) is 35.6 Å². The zero-order valence-electron chi connectivity index (χ0n) is 15.0. The van der Waals surface area contributed by atoms with Crippen LogP contribution in [0.4, 0.5) is 0 Å². The van der Waals surface area contributed by atoms with Gasteiger partial charge in [0.2, 0.25) is 0 Å². The Hall–Kier alpha value is -1.82. The molecule has 0 fully saturated rings. The Labute approximate surface area is 196 Å². The summed E-state index contributed by atoms with van der Waals surface area (Å²) < 4.78 is 3.92. The molecule has 0 bridgehead atoms. The van der Waals surface area contributed by atoms with Crippen LogP contribution in [0.3, 0.4) is 0 Å². The monoisotopic (exact) mass is 546 g/mol. The number of hydrogen-bond acceptors (Lipinski definition) is 2. The van der Waals surface area contributed by atoms with Crippen molar-refractivity contribution in [2.75, 3.05) is 0 Å². The summed E-state index contributed by atoms with van der Waals surface area (Å²) in [5, 5.41) is 13.9. The van der Waals surface area contributed by atoms with Gasteiger partial charge in [-0.25, -0.2) is 9.36 Å². The summed E-state index contributed by atoms with van der Waals surface area (Å²) in [5.74, 6) is 0. The molecule has 5 aromatic rings. The fourth-order valence-corrected chi connectivity index (χ4v) is 3.56. The molecular formula is C21H16Br2N4Zn. The van der Waals surface area contributed by atoms with Crippen molar-refractivity contribution in [2.45, 2.75) is 6.17 Å². The van der Waals surface area contributed by atoms with Crippen molar-refractivity contribution in [3.05, 3.63) is 97.1 Å². The Morgan fingerprint density at radius 2 is 1.11 bits per heavy atom. The zero-order valence-corrected chi connectivity index (χ0v) is 21.1. The summed E-state index contributed by atoms with van der Waals surface area (Å²) in [7, 11) is 0. The van der Waals surface area contributed by atoms with Gasteiger partial charge in [-0.15, -0.1) is 0 Å². The maximum Gasteiger partial charge on any atom is 2.00 e. The van der Waals surface area contributed by atoms with Gasteiger partial charge < -0.3 is 34.0 Å². The normalized spacial score (nSPS) is 10.3. The van der Waals surface area contributed by atoms with E-state index in [9.17, 15) is 0 Å². The van der Waals surface area contributed by atoms with Gasteiger partial charge in [0.15, 0.2) is 6.17 Å². The van der Waals surface area contributed by atoms with E-state index in [1.165, 1.54) is 27.1 Å². The van der Waals surface area contributed by atoms with Gasteiger partial charge in [0.05, 0.1) is 0 Å². The van der Waals surface area contributed by atoms with Crippen LogP contribution >= 0.6 is 0 Å². The van der Waals surface area contributed by atoms with E-state index in [0.717, 1.165) is 0 Å². The van der Waals surface area contributed by atoms with Crippen molar-refractivity contribution in [2.24, 2.45) is 0 Å². The summed E-state index contributed by atoms with van der Waals surface area (Å²) in [6.45, 7) is 0. The van der Waals surface area contributed by atoms with Crippen molar-refractivity contribution in [1.29, 1.82) is 0 Å². The second kappa shape index (κ2) is 9.59. The second-order valence-corrected chi connectivity index (χ2v) is 6.08. The minimum absolute atomic E-state index is 0. The third-order valence-electron chi connectivity index (χ3n) is 4.62. The number of halogens is 2. The molecule has 0 N–H and O–H groups in total. The molecule has 0 saturated carbocycles. The number of aromatic nitrogens is 4. The first-order valence-electron chi connectivity index (χ1n) is 8.30. The molecule has 4 nitrogen and oxygen atoms in total. The molecule has 2 heterocycles. The largest absolute Gasteiger partial charge is 2.00 e. The van der Waals surface area contributed by atoms with Crippen LogP contribution < -0.4 is 34.0 Å². The Morgan fingerprint density at radius 3 is 1.54 bits per heavy atom. The van der Waals surface area contributed by atoms with Gasteiger partial charge in [-0.2, -0.15) is 10.2 Å². The first-order valence-corrected chi connectivity index (χ1v) is 8.30. The number of benzene rings is 3. The smallest absolute Gasteiger partial charge is 1.00 e. The van der Waals surface area contributed by atoms with Gasteiger partial charge in [0.1, 0.15) is 0 Å². The van der Waals surface area contributed by atoms with E-state index in [-0.39, 0.29) is 59.6 Å². The van der Waals surface area contributed by atoms with Gasteiger partial charge in [-0.1, -0.05) is 48.5 Å². The van der Waals surface area contributed by atoms with Crippen LogP contribution in [-0.4, -0.2) is 19.6 Å². The Balaban J connectivity index is 0.000000934. The molecule has 0 aliphatic carbocycles. The zero-order chi connectivity index (χ0) is 16.6. The van der Waals surface area contributed by atoms with Gasteiger partial charge in [0.25, 0.3) is 0 Å². The van der Waals surface area contributed by atoms with Gasteiger partial charge in [0, 0.05) is 30.4 Å². The summed E-state index contributed by atoms with van der Waals surface area (Å²) in [4.78, 5) is 0. The maximum absolute atomic E-state index is 4.52. The van der Waals surface area contributed by atoms with Crippen LogP contribution in [0.15, 0.2) is 91.5 Å². The SMILES string of the molecule is [Br-].[Br-].[Zn+2].c1ccc2c(C(n3cccn3)n3cccn3)c3ccccc3cc2c1. The fraction of sp³-hybridized carbons (Fsp3) is 0.0476. The average molecular weight is 550 g/mol. The summed E-state index contributed by atoms with van der Waals surface area (Å²) in [6, 6.07) is 23.2. The van der Waals surface area contributed by atoms with Crippen LogP contribution in [0.5, 0.6) is 0 Å². The molecule has 3 aromatic carbocycles. The standard InChI is InChI=1S/C21H16N4.2BrH.Zn/c1-3-9-18-16(7-1)15-17-8-2-4-10-19(17)20(18)21(24-13-5-11-22-24)25-14-6-12-23-25;;;/h1-15,21H;2*1H;/q;;;+2/p-2. The van der Waals surface area contributed by atoms with Crippen LogP contribution in [0.1, 0.15) is 11.7 Å². The Bertz CT molecular complexity index is 1070. The molecule has 28 heavy (non-hydrogen) atoms. The predicted molar refractivity (Wildman–Crippen MR) is 99.4 cm³/mol. The Kier molecular flexibility index (Phi) is 7.70. The molecule has 0 amide bonds. The van der Waals surface area contributed by atoms with E-state index in [2.05, 4.69) is 64.8 Å². The van der Waals surface area contributed by atoms with Crippen LogP contribution in [0.25, 0.3) is 21.5 Å². The summed E-state index contributed by atoms with van der Waals surface area (Å²) in [6.07, 6.45) is 7.46.